The average molecular weight is 251 g/mol. The summed E-state index contributed by atoms with van der Waals surface area (Å²) >= 11 is 0. The van der Waals surface area contributed by atoms with Gasteiger partial charge in [-0.1, -0.05) is 6.07 Å². The standard InChI is InChI=1S/C14H21NO3/c1-10(16)13-11(7-6-8-12(13)18-5)15(4)9-14(2,3)17/h6-8,17H,9H2,1-5H3. The van der Waals surface area contributed by atoms with Crippen LogP contribution in [0.1, 0.15) is 31.1 Å². The van der Waals surface area contributed by atoms with Gasteiger partial charge < -0.3 is 14.7 Å². The van der Waals surface area contributed by atoms with E-state index in [1.54, 1.807) is 27.0 Å². The zero-order chi connectivity index (χ0) is 13.9. The van der Waals surface area contributed by atoms with Crippen molar-refractivity contribution in [2.45, 2.75) is 26.4 Å². The molecular weight excluding hydrogens is 230 g/mol. The summed E-state index contributed by atoms with van der Waals surface area (Å²) in [6.45, 7) is 5.41. The van der Waals surface area contributed by atoms with Crippen molar-refractivity contribution in [2.75, 3.05) is 25.6 Å². The largest absolute Gasteiger partial charge is 0.496 e. The van der Waals surface area contributed by atoms with Gasteiger partial charge in [-0.2, -0.15) is 0 Å². The fourth-order valence-electron chi connectivity index (χ4n) is 2.03. The minimum atomic E-state index is -0.827. The number of aliphatic hydroxyl groups is 1. The molecule has 0 aliphatic carbocycles. The SMILES string of the molecule is COc1cccc(N(C)CC(C)(C)O)c1C(C)=O. The van der Waals surface area contributed by atoms with Crippen molar-refractivity contribution < 1.29 is 14.6 Å². The van der Waals surface area contributed by atoms with E-state index in [1.807, 2.05) is 24.1 Å². The quantitative estimate of drug-likeness (QED) is 0.814. The molecular formula is C14H21NO3. The molecule has 4 heteroatoms. The second-order valence-electron chi connectivity index (χ2n) is 5.08. The summed E-state index contributed by atoms with van der Waals surface area (Å²) in [5, 5.41) is 9.85. The van der Waals surface area contributed by atoms with Gasteiger partial charge in [0.25, 0.3) is 0 Å². The van der Waals surface area contributed by atoms with Crippen molar-refractivity contribution in [3.8, 4) is 5.75 Å². The van der Waals surface area contributed by atoms with E-state index < -0.39 is 5.60 Å². The Hall–Kier alpha value is -1.55. The van der Waals surface area contributed by atoms with E-state index in [0.717, 1.165) is 5.69 Å². The van der Waals surface area contributed by atoms with Gasteiger partial charge in [-0.3, -0.25) is 4.79 Å². The molecule has 0 aliphatic rings. The van der Waals surface area contributed by atoms with E-state index in [2.05, 4.69) is 0 Å². The number of carbonyl (C=O) groups is 1. The molecule has 0 spiro atoms. The molecule has 0 fully saturated rings. The van der Waals surface area contributed by atoms with Crippen molar-refractivity contribution in [2.24, 2.45) is 0 Å². The Kier molecular flexibility index (Phi) is 4.35. The van der Waals surface area contributed by atoms with Gasteiger partial charge in [0.05, 0.1) is 24.0 Å². The van der Waals surface area contributed by atoms with Crippen LogP contribution in [0.4, 0.5) is 5.69 Å². The lowest BCUT2D eigenvalue weighted by Crippen LogP contribution is -2.36. The molecule has 0 amide bonds. The number of anilines is 1. The molecule has 1 aromatic rings. The Labute approximate surface area is 108 Å². The monoisotopic (exact) mass is 251 g/mol. The van der Waals surface area contributed by atoms with Crippen LogP contribution in [0.25, 0.3) is 0 Å². The van der Waals surface area contributed by atoms with E-state index in [0.29, 0.717) is 17.9 Å². The third-order valence-electron chi connectivity index (χ3n) is 2.61. The van der Waals surface area contributed by atoms with E-state index in [-0.39, 0.29) is 5.78 Å². The summed E-state index contributed by atoms with van der Waals surface area (Å²) in [6, 6.07) is 5.45. The average Bonchev–Trinajstić information content (AvgIpc) is 2.25. The molecule has 0 heterocycles. The third-order valence-corrected chi connectivity index (χ3v) is 2.61. The van der Waals surface area contributed by atoms with Crippen LogP contribution in [0.5, 0.6) is 5.75 Å². The number of Topliss-reactive ketones (excluding diaryl/α,β-unsaturated/α-hetero) is 1. The highest BCUT2D eigenvalue weighted by Gasteiger charge is 2.21. The van der Waals surface area contributed by atoms with Crippen LogP contribution >= 0.6 is 0 Å². The van der Waals surface area contributed by atoms with Crippen molar-refractivity contribution in [1.82, 2.24) is 0 Å². The molecule has 0 aromatic heterocycles. The predicted octanol–water partition coefficient (Wildman–Crippen LogP) is 2.10. The number of hydrogen-bond donors (Lipinski definition) is 1. The molecule has 4 nitrogen and oxygen atoms in total. The van der Waals surface area contributed by atoms with Gasteiger partial charge in [0, 0.05) is 13.6 Å². The number of rotatable bonds is 5. The van der Waals surface area contributed by atoms with Crippen LogP contribution in [0, 0.1) is 0 Å². The van der Waals surface area contributed by atoms with Crippen molar-refractivity contribution in [1.29, 1.82) is 0 Å². The lowest BCUT2D eigenvalue weighted by Gasteiger charge is -2.29. The second-order valence-corrected chi connectivity index (χ2v) is 5.08. The minimum absolute atomic E-state index is 0.0509. The number of methoxy groups -OCH3 is 1. The van der Waals surface area contributed by atoms with Crippen LogP contribution in [0.3, 0.4) is 0 Å². The molecule has 0 bridgehead atoms. The molecule has 0 aliphatic heterocycles. The Morgan fingerprint density at radius 3 is 2.50 bits per heavy atom. The summed E-state index contributed by atoms with van der Waals surface area (Å²) in [5.41, 5.74) is 0.488. The number of ether oxygens (including phenoxy) is 1. The van der Waals surface area contributed by atoms with Crippen LogP contribution in [-0.4, -0.2) is 37.2 Å². The summed E-state index contributed by atoms with van der Waals surface area (Å²) in [7, 11) is 3.39. The maximum atomic E-state index is 11.7. The smallest absolute Gasteiger partial charge is 0.165 e. The normalized spacial score (nSPS) is 11.2. The van der Waals surface area contributed by atoms with E-state index in [9.17, 15) is 9.90 Å². The predicted molar refractivity (Wildman–Crippen MR) is 72.6 cm³/mol. The van der Waals surface area contributed by atoms with Gasteiger partial charge >= 0.3 is 0 Å². The first kappa shape index (κ1) is 14.5. The zero-order valence-corrected chi connectivity index (χ0v) is 11.7. The lowest BCUT2D eigenvalue weighted by atomic mass is 10.0. The molecule has 1 aromatic carbocycles. The second kappa shape index (κ2) is 5.40. The maximum absolute atomic E-state index is 11.7. The number of benzene rings is 1. The van der Waals surface area contributed by atoms with Crippen molar-refractivity contribution in [3.05, 3.63) is 23.8 Å². The molecule has 0 saturated heterocycles. The van der Waals surface area contributed by atoms with Crippen LogP contribution < -0.4 is 9.64 Å². The fourth-order valence-corrected chi connectivity index (χ4v) is 2.03. The van der Waals surface area contributed by atoms with Gasteiger partial charge in [0.15, 0.2) is 5.78 Å². The van der Waals surface area contributed by atoms with Gasteiger partial charge in [0.1, 0.15) is 5.75 Å². The summed E-state index contributed by atoms with van der Waals surface area (Å²) in [5.74, 6) is 0.507. The highest BCUT2D eigenvalue weighted by atomic mass is 16.5. The van der Waals surface area contributed by atoms with Gasteiger partial charge in [-0.05, 0) is 32.9 Å². The Bertz CT molecular complexity index is 435. The van der Waals surface area contributed by atoms with Crippen LogP contribution in [-0.2, 0) is 0 Å². The van der Waals surface area contributed by atoms with E-state index >= 15 is 0 Å². The first-order chi connectivity index (χ1) is 8.26. The summed E-state index contributed by atoms with van der Waals surface area (Å²) in [6.07, 6.45) is 0. The number of carbonyl (C=O) groups excluding carboxylic acids is 1. The van der Waals surface area contributed by atoms with Gasteiger partial charge in [0.2, 0.25) is 0 Å². The Balaban J connectivity index is 3.19. The van der Waals surface area contributed by atoms with Crippen LogP contribution in [0.2, 0.25) is 0 Å². The number of likely N-dealkylation sites (N-methyl/N-ethyl adjacent to an activating group) is 1. The summed E-state index contributed by atoms with van der Waals surface area (Å²) < 4.78 is 5.22. The highest BCUT2D eigenvalue weighted by molar-refractivity contribution is 6.02. The third kappa shape index (κ3) is 3.47. The number of nitrogens with zero attached hydrogens (tertiary/aromatic N) is 1. The van der Waals surface area contributed by atoms with Gasteiger partial charge in [-0.15, -0.1) is 0 Å². The molecule has 1 N–H and O–H groups in total. The Morgan fingerprint density at radius 2 is 2.06 bits per heavy atom. The molecule has 100 valence electrons. The molecule has 0 saturated carbocycles. The van der Waals surface area contributed by atoms with Gasteiger partial charge in [-0.25, -0.2) is 0 Å². The molecule has 18 heavy (non-hydrogen) atoms. The fraction of sp³-hybridized carbons (Fsp3) is 0.500. The number of ketones is 1. The maximum Gasteiger partial charge on any atom is 0.165 e. The lowest BCUT2D eigenvalue weighted by molar-refractivity contribution is 0.0882. The van der Waals surface area contributed by atoms with Crippen LogP contribution in [0.15, 0.2) is 18.2 Å². The van der Waals surface area contributed by atoms with Crippen molar-refractivity contribution in [3.63, 3.8) is 0 Å². The minimum Gasteiger partial charge on any atom is -0.496 e. The number of hydrogen-bond acceptors (Lipinski definition) is 4. The summed E-state index contributed by atoms with van der Waals surface area (Å²) in [4.78, 5) is 13.6. The first-order valence-electron chi connectivity index (χ1n) is 5.87. The first-order valence-corrected chi connectivity index (χ1v) is 5.87. The zero-order valence-electron chi connectivity index (χ0n) is 11.7. The van der Waals surface area contributed by atoms with E-state index in [1.165, 1.54) is 6.92 Å². The molecule has 0 unspecified atom stereocenters. The Morgan fingerprint density at radius 1 is 1.44 bits per heavy atom. The van der Waals surface area contributed by atoms with E-state index in [4.69, 9.17) is 4.74 Å². The molecule has 1 rings (SSSR count). The topological polar surface area (TPSA) is 49.8 Å². The molecule has 0 radical (unpaired) electrons. The van der Waals surface area contributed by atoms with Crippen molar-refractivity contribution >= 4 is 11.5 Å². The highest BCUT2D eigenvalue weighted by Crippen LogP contribution is 2.29. The molecule has 0 atom stereocenters.